The van der Waals surface area contributed by atoms with E-state index in [0.717, 1.165) is 19.6 Å². The molecule has 5 nitrogen and oxygen atoms in total. The van der Waals surface area contributed by atoms with Crippen LogP contribution in [0.3, 0.4) is 0 Å². The van der Waals surface area contributed by atoms with E-state index in [-0.39, 0.29) is 12.1 Å². The van der Waals surface area contributed by atoms with E-state index in [1.807, 2.05) is 4.90 Å². The van der Waals surface area contributed by atoms with Crippen LogP contribution in [-0.4, -0.2) is 52.5 Å². The van der Waals surface area contributed by atoms with Crippen LogP contribution in [0.4, 0.5) is 10.5 Å². The highest BCUT2D eigenvalue weighted by molar-refractivity contribution is 6.29. The molecular weight excluding hydrogens is 276 g/mol. The van der Waals surface area contributed by atoms with Crippen molar-refractivity contribution in [2.45, 2.75) is 32.9 Å². The van der Waals surface area contributed by atoms with Crippen LogP contribution in [0, 0.1) is 0 Å². The lowest BCUT2D eigenvalue weighted by atomic mass is 10.1. The van der Waals surface area contributed by atoms with E-state index in [4.69, 9.17) is 11.6 Å². The molecule has 0 aromatic carbocycles. The van der Waals surface area contributed by atoms with E-state index < -0.39 is 0 Å². The molecule has 2 heterocycles. The first-order valence-corrected chi connectivity index (χ1v) is 7.32. The van der Waals surface area contributed by atoms with E-state index in [0.29, 0.717) is 16.9 Å². The van der Waals surface area contributed by atoms with Crippen molar-refractivity contribution in [3.8, 4) is 0 Å². The van der Waals surface area contributed by atoms with Crippen molar-refractivity contribution in [3.05, 3.63) is 23.5 Å². The second kappa shape index (κ2) is 6.41. The first kappa shape index (κ1) is 15.1. The number of likely N-dealkylation sites (N-methyl/N-ethyl adjacent to an activating group) is 1. The second-order valence-corrected chi connectivity index (χ2v) is 5.62. The number of aromatic nitrogens is 1. The molecule has 2 amide bonds. The number of nitrogens with zero attached hydrogens (tertiary/aromatic N) is 3. The molecule has 2 rings (SSSR count). The number of piperazine rings is 1. The molecule has 0 bridgehead atoms. The average Bonchev–Trinajstić information content (AvgIpc) is 2.43. The molecule has 1 aliphatic rings. The van der Waals surface area contributed by atoms with Crippen LogP contribution in [0.2, 0.25) is 5.15 Å². The number of carbonyl (C=O) groups excluding carboxylic acids is 1. The van der Waals surface area contributed by atoms with Gasteiger partial charge < -0.3 is 10.2 Å². The zero-order chi connectivity index (χ0) is 14.7. The van der Waals surface area contributed by atoms with Crippen molar-refractivity contribution >= 4 is 23.3 Å². The van der Waals surface area contributed by atoms with Gasteiger partial charge in [-0.05, 0) is 32.5 Å². The molecule has 0 radical (unpaired) electrons. The number of rotatable bonds is 2. The molecule has 1 saturated heterocycles. The molecule has 2 atom stereocenters. The monoisotopic (exact) mass is 296 g/mol. The molecule has 110 valence electrons. The number of urea groups is 1. The Morgan fingerprint density at radius 3 is 2.75 bits per heavy atom. The first-order chi connectivity index (χ1) is 9.51. The van der Waals surface area contributed by atoms with Crippen LogP contribution in [0.1, 0.15) is 20.8 Å². The Labute approximate surface area is 124 Å². The van der Waals surface area contributed by atoms with Crippen LogP contribution in [0.15, 0.2) is 18.3 Å². The standard InChI is InChI=1S/C14H21ClN4O/c1-4-18-8-11(3)19(9-10(18)2)14(20)17-12-5-6-13(15)16-7-12/h5-7,10-11H,4,8-9H2,1-3H3,(H,17,20)/t10-,11+/m1/s1. The molecule has 1 fully saturated rings. The predicted molar refractivity (Wildman–Crippen MR) is 81.1 cm³/mol. The number of hydrogen-bond donors (Lipinski definition) is 1. The number of halogens is 1. The topological polar surface area (TPSA) is 48.5 Å². The molecular formula is C14H21ClN4O. The Kier molecular flexibility index (Phi) is 4.83. The van der Waals surface area contributed by atoms with Gasteiger partial charge in [0, 0.05) is 25.2 Å². The van der Waals surface area contributed by atoms with Crippen LogP contribution < -0.4 is 5.32 Å². The van der Waals surface area contributed by atoms with Gasteiger partial charge in [0.05, 0.1) is 11.9 Å². The number of amides is 2. The average molecular weight is 297 g/mol. The maximum absolute atomic E-state index is 12.3. The Morgan fingerprint density at radius 1 is 1.40 bits per heavy atom. The number of anilines is 1. The molecule has 1 N–H and O–H groups in total. The maximum atomic E-state index is 12.3. The molecule has 20 heavy (non-hydrogen) atoms. The highest BCUT2D eigenvalue weighted by atomic mass is 35.5. The van der Waals surface area contributed by atoms with Crippen molar-refractivity contribution in [2.75, 3.05) is 25.0 Å². The lowest BCUT2D eigenvalue weighted by Gasteiger charge is -2.43. The number of hydrogen-bond acceptors (Lipinski definition) is 3. The number of pyridine rings is 1. The van der Waals surface area contributed by atoms with Gasteiger partial charge in [-0.1, -0.05) is 18.5 Å². The zero-order valence-electron chi connectivity index (χ0n) is 12.1. The summed E-state index contributed by atoms with van der Waals surface area (Å²) in [5.74, 6) is 0. The molecule has 0 spiro atoms. The molecule has 1 aromatic rings. The fraction of sp³-hybridized carbons (Fsp3) is 0.571. The summed E-state index contributed by atoms with van der Waals surface area (Å²) in [6.45, 7) is 9.04. The molecule has 0 aliphatic carbocycles. The van der Waals surface area contributed by atoms with Crippen molar-refractivity contribution < 1.29 is 4.79 Å². The molecule has 6 heteroatoms. The third-order valence-electron chi connectivity index (χ3n) is 3.76. The SMILES string of the molecule is CCN1C[C@H](C)N(C(=O)Nc2ccc(Cl)nc2)C[C@H]1C. The lowest BCUT2D eigenvalue weighted by Crippen LogP contribution is -2.58. The summed E-state index contributed by atoms with van der Waals surface area (Å²) in [6.07, 6.45) is 1.57. The number of nitrogens with one attached hydrogen (secondary N) is 1. The lowest BCUT2D eigenvalue weighted by molar-refractivity contribution is 0.0720. The summed E-state index contributed by atoms with van der Waals surface area (Å²) < 4.78 is 0. The highest BCUT2D eigenvalue weighted by Gasteiger charge is 2.31. The van der Waals surface area contributed by atoms with Crippen LogP contribution in [0.25, 0.3) is 0 Å². The smallest absolute Gasteiger partial charge is 0.319 e. The van der Waals surface area contributed by atoms with Crippen molar-refractivity contribution in [2.24, 2.45) is 0 Å². The summed E-state index contributed by atoms with van der Waals surface area (Å²) in [5.41, 5.74) is 0.664. The highest BCUT2D eigenvalue weighted by Crippen LogP contribution is 2.17. The van der Waals surface area contributed by atoms with E-state index in [9.17, 15) is 4.79 Å². The summed E-state index contributed by atoms with van der Waals surface area (Å²) in [7, 11) is 0. The largest absolute Gasteiger partial charge is 0.322 e. The van der Waals surface area contributed by atoms with Crippen LogP contribution in [-0.2, 0) is 0 Å². The minimum atomic E-state index is -0.0794. The Bertz CT molecular complexity index is 465. The third kappa shape index (κ3) is 3.41. The van der Waals surface area contributed by atoms with E-state index in [1.165, 1.54) is 0 Å². The second-order valence-electron chi connectivity index (χ2n) is 5.24. The minimum Gasteiger partial charge on any atom is -0.319 e. The van der Waals surface area contributed by atoms with Crippen molar-refractivity contribution in [1.29, 1.82) is 0 Å². The van der Waals surface area contributed by atoms with Crippen LogP contribution in [0.5, 0.6) is 0 Å². The van der Waals surface area contributed by atoms with E-state index in [2.05, 4.69) is 36.0 Å². The van der Waals surface area contributed by atoms with Gasteiger partial charge in [0.15, 0.2) is 0 Å². The summed E-state index contributed by atoms with van der Waals surface area (Å²) in [5, 5.41) is 3.29. The van der Waals surface area contributed by atoms with Crippen molar-refractivity contribution in [1.82, 2.24) is 14.8 Å². The van der Waals surface area contributed by atoms with Gasteiger partial charge in [-0.15, -0.1) is 0 Å². The van der Waals surface area contributed by atoms with E-state index >= 15 is 0 Å². The van der Waals surface area contributed by atoms with Gasteiger partial charge in [0.25, 0.3) is 0 Å². The van der Waals surface area contributed by atoms with Crippen molar-refractivity contribution in [3.63, 3.8) is 0 Å². The van der Waals surface area contributed by atoms with Gasteiger partial charge in [-0.3, -0.25) is 4.90 Å². The van der Waals surface area contributed by atoms with Gasteiger partial charge in [-0.2, -0.15) is 0 Å². The van der Waals surface area contributed by atoms with Crippen LogP contribution >= 0.6 is 11.6 Å². The Morgan fingerprint density at radius 2 is 2.15 bits per heavy atom. The maximum Gasteiger partial charge on any atom is 0.322 e. The molecule has 0 saturated carbocycles. The van der Waals surface area contributed by atoms with Gasteiger partial charge in [-0.25, -0.2) is 9.78 Å². The summed E-state index contributed by atoms with van der Waals surface area (Å²) in [4.78, 5) is 20.6. The quantitative estimate of drug-likeness (QED) is 0.854. The first-order valence-electron chi connectivity index (χ1n) is 6.94. The minimum absolute atomic E-state index is 0.0794. The number of carbonyl (C=O) groups is 1. The summed E-state index contributed by atoms with van der Waals surface area (Å²) >= 11 is 5.73. The predicted octanol–water partition coefficient (Wildman–Crippen LogP) is 2.68. The Hall–Kier alpha value is -1.33. The summed E-state index contributed by atoms with van der Waals surface area (Å²) in [6, 6.07) is 3.92. The fourth-order valence-electron chi connectivity index (χ4n) is 2.57. The fourth-order valence-corrected chi connectivity index (χ4v) is 2.68. The zero-order valence-corrected chi connectivity index (χ0v) is 12.9. The Balaban J connectivity index is 2.00. The van der Waals surface area contributed by atoms with E-state index in [1.54, 1.807) is 18.3 Å². The van der Waals surface area contributed by atoms with Gasteiger partial charge >= 0.3 is 6.03 Å². The normalized spacial score (nSPS) is 23.7. The molecule has 1 aromatic heterocycles. The molecule has 1 aliphatic heterocycles. The molecule has 0 unspecified atom stereocenters. The third-order valence-corrected chi connectivity index (χ3v) is 3.98. The van der Waals surface area contributed by atoms with Gasteiger partial charge in [0.2, 0.25) is 0 Å². The van der Waals surface area contributed by atoms with Gasteiger partial charge in [0.1, 0.15) is 5.15 Å².